The highest BCUT2D eigenvalue weighted by Crippen LogP contribution is 2.28. The van der Waals surface area contributed by atoms with Gasteiger partial charge in [0.15, 0.2) is 5.70 Å². The van der Waals surface area contributed by atoms with Gasteiger partial charge in [-0.25, -0.2) is 9.79 Å². The van der Waals surface area contributed by atoms with Gasteiger partial charge in [0.05, 0.1) is 14.2 Å². The molecule has 0 radical (unpaired) electrons. The summed E-state index contributed by atoms with van der Waals surface area (Å²) in [7, 11) is 3.14. The quantitative estimate of drug-likeness (QED) is 0.604. The largest absolute Gasteiger partial charge is 0.497 e. The number of hydrogen-bond donors (Lipinski definition) is 0. The SMILES string of the molecule is COc1ccc(/C=C2N=C(/C=C/c3ccc(C)cc3)OC\2=O)c(OC)c1. The van der Waals surface area contributed by atoms with E-state index in [1.54, 1.807) is 44.6 Å². The van der Waals surface area contributed by atoms with Crippen LogP contribution in [0.1, 0.15) is 16.7 Å². The van der Waals surface area contributed by atoms with Crippen LogP contribution in [0.2, 0.25) is 0 Å². The van der Waals surface area contributed by atoms with Crippen LogP contribution in [0, 0.1) is 6.92 Å². The molecule has 0 aliphatic carbocycles. The molecule has 0 saturated carbocycles. The van der Waals surface area contributed by atoms with Gasteiger partial charge >= 0.3 is 5.97 Å². The fraction of sp³-hybridized carbons (Fsp3) is 0.143. The van der Waals surface area contributed by atoms with E-state index in [1.165, 1.54) is 5.56 Å². The molecule has 0 fully saturated rings. The van der Waals surface area contributed by atoms with Gasteiger partial charge in [0, 0.05) is 17.7 Å². The molecule has 0 spiro atoms. The Hall–Kier alpha value is -3.34. The van der Waals surface area contributed by atoms with Crippen molar-refractivity contribution in [3.63, 3.8) is 0 Å². The van der Waals surface area contributed by atoms with Gasteiger partial charge in [-0.2, -0.15) is 0 Å². The van der Waals surface area contributed by atoms with E-state index in [4.69, 9.17) is 14.2 Å². The van der Waals surface area contributed by atoms with Crippen molar-refractivity contribution < 1.29 is 19.0 Å². The molecule has 0 amide bonds. The number of carbonyl (C=O) groups is 1. The van der Waals surface area contributed by atoms with E-state index in [0.717, 1.165) is 5.56 Å². The van der Waals surface area contributed by atoms with Gasteiger partial charge in [-0.15, -0.1) is 0 Å². The first-order chi connectivity index (χ1) is 12.6. The number of nitrogens with zero attached hydrogens (tertiary/aromatic N) is 1. The Morgan fingerprint density at radius 1 is 1.00 bits per heavy atom. The van der Waals surface area contributed by atoms with Crippen molar-refractivity contribution >= 4 is 24.0 Å². The Morgan fingerprint density at radius 3 is 2.46 bits per heavy atom. The maximum atomic E-state index is 12.1. The van der Waals surface area contributed by atoms with Gasteiger partial charge in [-0.05, 0) is 36.8 Å². The predicted molar refractivity (Wildman–Crippen MR) is 101 cm³/mol. The monoisotopic (exact) mass is 349 g/mol. The first-order valence-corrected chi connectivity index (χ1v) is 8.08. The van der Waals surface area contributed by atoms with Gasteiger partial charge in [0.1, 0.15) is 11.5 Å². The third kappa shape index (κ3) is 4.00. The van der Waals surface area contributed by atoms with Crippen LogP contribution in [0.5, 0.6) is 11.5 Å². The third-order valence-corrected chi connectivity index (χ3v) is 3.87. The van der Waals surface area contributed by atoms with Crippen molar-refractivity contribution in [3.05, 3.63) is 70.9 Å². The van der Waals surface area contributed by atoms with E-state index in [1.807, 2.05) is 37.3 Å². The van der Waals surface area contributed by atoms with Crippen molar-refractivity contribution in [2.24, 2.45) is 4.99 Å². The van der Waals surface area contributed by atoms with E-state index < -0.39 is 5.97 Å². The standard InChI is InChI=1S/C21H19NO4/c1-14-4-6-15(7-5-14)8-11-20-22-18(21(23)26-20)12-16-9-10-17(24-2)13-19(16)25-3/h4-13H,1-3H3/b11-8+,18-12-. The van der Waals surface area contributed by atoms with Crippen LogP contribution in [0.25, 0.3) is 12.2 Å². The maximum Gasteiger partial charge on any atom is 0.363 e. The molecule has 1 aliphatic heterocycles. The van der Waals surface area contributed by atoms with Crippen molar-refractivity contribution in [1.82, 2.24) is 0 Å². The van der Waals surface area contributed by atoms with Crippen molar-refractivity contribution in [3.8, 4) is 11.5 Å². The molecular formula is C21H19NO4. The van der Waals surface area contributed by atoms with Gasteiger partial charge in [-0.3, -0.25) is 0 Å². The number of aliphatic imine (C=N–C) groups is 1. The lowest BCUT2D eigenvalue weighted by Gasteiger charge is -2.07. The number of methoxy groups -OCH3 is 2. The first-order valence-electron chi connectivity index (χ1n) is 8.08. The fourth-order valence-corrected chi connectivity index (χ4v) is 2.43. The summed E-state index contributed by atoms with van der Waals surface area (Å²) in [6.45, 7) is 2.03. The minimum Gasteiger partial charge on any atom is -0.497 e. The Labute approximate surface area is 152 Å². The number of carbonyl (C=O) groups excluding carboxylic acids is 1. The molecule has 1 aliphatic rings. The molecule has 0 saturated heterocycles. The summed E-state index contributed by atoms with van der Waals surface area (Å²) < 4.78 is 15.7. The average Bonchev–Trinajstić information content (AvgIpc) is 3.01. The second kappa shape index (κ2) is 7.70. The molecule has 0 unspecified atom stereocenters. The summed E-state index contributed by atoms with van der Waals surface area (Å²) in [5.74, 6) is 1.02. The third-order valence-electron chi connectivity index (χ3n) is 3.87. The van der Waals surface area contributed by atoms with Gasteiger partial charge in [-0.1, -0.05) is 29.8 Å². The Bertz CT molecular complexity index is 908. The molecule has 3 rings (SSSR count). The van der Waals surface area contributed by atoms with E-state index in [-0.39, 0.29) is 11.6 Å². The number of benzene rings is 2. The second-order valence-corrected chi connectivity index (χ2v) is 5.72. The molecule has 0 atom stereocenters. The molecule has 0 N–H and O–H groups in total. The van der Waals surface area contributed by atoms with Crippen LogP contribution >= 0.6 is 0 Å². The molecule has 5 nitrogen and oxygen atoms in total. The highest BCUT2D eigenvalue weighted by Gasteiger charge is 2.21. The lowest BCUT2D eigenvalue weighted by atomic mass is 10.1. The smallest absolute Gasteiger partial charge is 0.363 e. The van der Waals surface area contributed by atoms with Gasteiger partial charge in [0.2, 0.25) is 5.90 Å². The molecule has 132 valence electrons. The molecule has 5 heteroatoms. The van der Waals surface area contributed by atoms with Crippen LogP contribution in [0.3, 0.4) is 0 Å². The van der Waals surface area contributed by atoms with Gasteiger partial charge < -0.3 is 14.2 Å². The molecule has 2 aromatic rings. The van der Waals surface area contributed by atoms with Crippen LogP contribution in [-0.4, -0.2) is 26.1 Å². The topological polar surface area (TPSA) is 57.1 Å². The average molecular weight is 349 g/mol. The van der Waals surface area contributed by atoms with E-state index in [9.17, 15) is 4.79 Å². The van der Waals surface area contributed by atoms with Crippen molar-refractivity contribution in [1.29, 1.82) is 0 Å². The Morgan fingerprint density at radius 2 is 1.77 bits per heavy atom. The highest BCUT2D eigenvalue weighted by atomic mass is 16.6. The summed E-state index contributed by atoms with van der Waals surface area (Å²) in [6, 6.07) is 13.3. The molecule has 0 bridgehead atoms. The van der Waals surface area contributed by atoms with E-state index in [0.29, 0.717) is 17.1 Å². The van der Waals surface area contributed by atoms with Crippen LogP contribution in [-0.2, 0) is 9.53 Å². The number of cyclic esters (lactones) is 1. The minimum absolute atomic E-state index is 0.219. The normalized spacial score (nSPS) is 15.3. The number of rotatable bonds is 5. The molecule has 26 heavy (non-hydrogen) atoms. The highest BCUT2D eigenvalue weighted by molar-refractivity contribution is 6.11. The summed E-state index contributed by atoms with van der Waals surface area (Å²) in [5, 5.41) is 0. The molecule has 1 heterocycles. The second-order valence-electron chi connectivity index (χ2n) is 5.72. The molecule has 2 aromatic carbocycles. The summed E-state index contributed by atoms with van der Waals surface area (Å²) >= 11 is 0. The number of ether oxygens (including phenoxy) is 3. The molecule has 0 aromatic heterocycles. The zero-order chi connectivity index (χ0) is 18.5. The predicted octanol–water partition coefficient (Wildman–Crippen LogP) is 4.02. The number of hydrogen-bond acceptors (Lipinski definition) is 5. The van der Waals surface area contributed by atoms with E-state index >= 15 is 0 Å². The van der Waals surface area contributed by atoms with Crippen LogP contribution < -0.4 is 9.47 Å². The van der Waals surface area contributed by atoms with Crippen LogP contribution in [0.15, 0.2) is 59.2 Å². The summed E-state index contributed by atoms with van der Waals surface area (Å²) in [4.78, 5) is 16.3. The Balaban J connectivity index is 1.83. The minimum atomic E-state index is -0.494. The fourth-order valence-electron chi connectivity index (χ4n) is 2.43. The number of aryl methyl sites for hydroxylation is 1. The van der Waals surface area contributed by atoms with E-state index in [2.05, 4.69) is 4.99 Å². The van der Waals surface area contributed by atoms with Crippen molar-refractivity contribution in [2.45, 2.75) is 6.92 Å². The Kier molecular flexibility index (Phi) is 5.17. The van der Waals surface area contributed by atoms with Gasteiger partial charge in [0.25, 0.3) is 0 Å². The van der Waals surface area contributed by atoms with Crippen molar-refractivity contribution in [2.75, 3.05) is 14.2 Å². The molecular weight excluding hydrogens is 330 g/mol. The van der Waals surface area contributed by atoms with Crippen LogP contribution in [0.4, 0.5) is 0 Å². The zero-order valence-electron chi connectivity index (χ0n) is 14.9. The number of esters is 1. The summed E-state index contributed by atoms with van der Waals surface area (Å²) in [5.41, 5.74) is 3.12. The summed E-state index contributed by atoms with van der Waals surface area (Å²) in [6.07, 6.45) is 5.16. The zero-order valence-corrected chi connectivity index (χ0v) is 14.9. The lowest BCUT2D eigenvalue weighted by molar-refractivity contribution is -0.129. The lowest BCUT2D eigenvalue weighted by Crippen LogP contribution is -2.01. The maximum absolute atomic E-state index is 12.1. The first kappa shape index (κ1) is 17.5.